The number of hydrogen-bond donors (Lipinski definition) is 0. The van der Waals surface area contributed by atoms with Crippen LogP contribution in [0.25, 0.3) is 11.6 Å². The fraction of sp³-hybridized carbons (Fsp3) is 0.125. The zero-order valence-electron chi connectivity index (χ0n) is 17.0. The van der Waals surface area contributed by atoms with Crippen LogP contribution < -0.4 is 9.47 Å². The minimum Gasteiger partial charge on any atom is -0.490 e. The number of nitrogens with zero attached hydrogens (tertiary/aromatic N) is 2. The van der Waals surface area contributed by atoms with E-state index in [4.69, 9.17) is 9.47 Å². The Morgan fingerprint density at radius 3 is 2.66 bits per heavy atom. The van der Waals surface area contributed by atoms with Crippen molar-refractivity contribution in [3.63, 3.8) is 0 Å². The van der Waals surface area contributed by atoms with Gasteiger partial charge < -0.3 is 9.47 Å². The standard InChI is InChI=1S/C24H18FIN2O4/c1-2-31-23-12-17(9-19(14-27)18-6-4-8-21(13-18)28(29)30)11-22(26)24(23)32-15-16-5-3-7-20(25)10-16/h3-13H,2,15H2,1H3/b19-9-. The van der Waals surface area contributed by atoms with Gasteiger partial charge in [0.05, 0.1) is 26.7 Å². The van der Waals surface area contributed by atoms with E-state index in [1.807, 2.05) is 13.0 Å². The summed E-state index contributed by atoms with van der Waals surface area (Å²) in [4.78, 5) is 10.6. The van der Waals surface area contributed by atoms with E-state index < -0.39 is 4.92 Å². The van der Waals surface area contributed by atoms with Gasteiger partial charge in [-0.15, -0.1) is 0 Å². The predicted molar refractivity (Wildman–Crippen MR) is 128 cm³/mol. The molecule has 0 fully saturated rings. The lowest BCUT2D eigenvalue weighted by Gasteiger charge is -2.15. The molecule has 32 heavy (non-hydrogen) atoms. The quantitative estimate of drug-likeness (QED) is 0.108. The first-order valence-corrected chi connectivity index (χ1v) is 10.7. The third-order valence-corrected chi connectivity index (χ3v) is 5.20. The molecule has 162 valence electrons. The van der Waals surface area contributed by atoms with Crippen LogP contribution in [0.1, 0.15) is 23.6 Å². The molecule has 3 rings (SSSR count). The number of halogens is 2. The van der Waals surface area contributed by atoms with Crippen LogP contribution in [-0.2, 0) is 6.61 Å². The molecular weight excluding hydrogens is 526 g/mol. The molecule has 0 atom stereocenters. The molecule has 0 heterocycles. The number of nitriles is 1. The highest BCUT2D eigenvalue weighted by molar-refractivity contribution is 14.1. The summed E-state index contributed by atoms with van der Waals surface area (Å²) >= 11 is 2.11. The van der Waals surface area contributed by atoms with Gasteiger partial charge in [-0.05, 0) is 76.5 Å². The molecule has 0 aliphatic carbocycles. The summed E-state index contributed by atoms with van der Waals surface area (Å²) in [5.41, 5.74) is 2.00. The Kier molecular flexibility index (Phi) is 7.78. The zero-order chi connectivity index (χ0) is 23.1. The molecule has 0 aliphatic rings. The van der Waals surface area contributed by atoms with Gasteiger partial charge in [-0.2, -0.15) is 5.26 Å². The highest BCUT2D eigenvalue weighted by Gasteiger charge is 2.14. The summed E-state index contributed by atoms with van der Waals surface area (Å²) < 4.78 is 25.8. The number of benzene rings is 3. The van der Waals surface area contributed by atoms with E-state index in [1.165, 1.54) is 30.3 Å². The normalized spacial score (nSPS) is 11.0. The van der Waals surface area contributed by atoms with Crippen molar-refractivity contribution in [1.29, 1.82) is 5.26 Å². The van der Waals surface area contributed by atoms with Crippen LogP contribution in [0.3, 0.4) is 0 Å². The second-order valence-corrected chi connectivity index (χ2v) is 7.82. The second-order valence-electron chi connectivity index (χ2n) is 6.66. The van der Waals surface area contributed by atoms with Gasteiger partial charge in [0.1, 0.15) is 12.4 Å². The molecule has 3 aromatic rings. The third-order valence-electron chi connectivity index (χ3n) is 4.40. The number of hydrogen-bond acceptors (Lipinski definition) is 5. The molecule has 0 N–H and O–H groups in total. The first-order chi connectivity index (χ1) is 15.4. The summed E-state index contributed by atoms with van der Waals surface area (Å²) in [7, 11) is 0. The molecule has 0 saturated carbocycles. The fourth-order valence-corrected chi connectivity index (χ4v) is 3.77. The maximum absolute atomic E-state index is 13.4. The van der Waals surface area contributed by atoms with Crippen molar-refractivity contribution >= 4 is 39.9 Å². The van der Waals surface area contributed by atoms with Crippen molar-refractivity contribution in [2.75, 3.05) is 6.61 Å². The van der Waals surface area contributed by atoms with Crippen molar-refractivity contribution in [1.82, 2.24) is 0 Å². The molecule has 0 aromatic heterocycles. The Balaban J connectivity index is 1.94. The van der Waals surface area contributed by atoms with Crippen LogP contribution in [0.5, 0.6) is 11.5 Å². The monoisotopic (exact) mass is 544 g/mol. The van der Waals surface area contributed by atoms with E-state index in [2.05, 4.69) is 28.7 Å². The molecular formula is C24H18FIN2O4. The third kappa shape index (κ3) is 5.82. The van der Waals surface area contributed by atoms with Crippen LogP contribution in [0.15, 0.2) is 60.7 Å². The molecule has 6 nitrogen and oxygen atoms in total. The first-order valence-electron chi connectivity index (χ1n) is 9.61. The predicted octanol–water partition coefficient (Wildman–Crippen LogP) is 6.38. The molecule has 0 aliphatic heterocycles. The van der Waals surface area contributed by atoms with Gasteiger partial charge in [0.2, 0.25) is 0 Å². The fourth-order valence-electron chi connectivity index (χ4n) is 2.99. The number of rotatable bonds is 8. The largest absolute Gasteiger partial charge is 0.490 e. The lowest BCUT2D eigenvalue weighted by atomic mass is 10.0. The summed E-state index contributed by atoms with van der Waals surface area (Å²) in [5.74, 6) is 0.664. The molecule has 0 saturated heterocycles. The zero-order valence-corrected chi connectivity index (χ0v) is 19.2. The van der Waals surface area contributed by atoms with Gasteiger partial charge >= 0.3 is 0 Å². The smallest absolute Gasteiger partial charge is 0.270 e. The average Bonchev–Trinajstić information content (AvgIpc) is 2.77. The number of allylic oxidation sites excluding steroid dienone is 1. The minimum atomic E-state index is -0.501. The molecule has 0 radical (unpaired) electrons. The summed E-state index contributed by atoms with van der Waals surface area (Å²) in [6.45, 7) is 2.41. The summed E-state index contributed by atoms with van der Waals surface area (Å²) in [6, 6.07) is 17.7. The average molecular weight is 544 g/mol. The van der Waals surface area contributed by atoms with Crippen molar-refractivity contribution in [2.24, 2.45) is 0 Å². The minimum absolute atomic E-state index is 0.0886. The molecule has 0 unspecified atom stereocenters. The topological polar surface area (TPSA) is 85.4 Å². The Labute approximate surface area is 198 Å². The molecule has 0 spiro atoms. The Bertz CT molecular complexity index is 1220. The van der Waals surface area contributed by atoms with Gasteiger partial charge in [0.25, 0.3) is 5.69 Å². The lowest BCUT2D eigenvalue weighted by molar-refractivity contribution is -0.384. The van der Waals surface area contributed by atoms with Crippen LogP contribution in [-0.4, -0.2) is 11.5 Å². The molecule has 0 amide bonds. The summed E-state index contributed by atoms with van der Waals surface area (Å²) in [5, 5.41) is 20.7. The SMILES string of the molecule is CCOc1cc(/C=C(/C#N)c2cccc([N+](=O)[O-])c2)cc(I)c1OCc1cccc(F)c1. The lowest BCUT2D eigenvalue weighted by Crippen LogP contribution is -2.02. The Morgan fingerprint density at radius 1 is 1.19 bits per heavy atom. The van der Waals surface area contributed by atoms with Gasteiger partial charge in [0, 0.05) is 12.1 Å². The van der Waals surface area contributed by atoms with E-state index in [0.29, 0.717) is 34.8 Å². The van der Waals surface area contributed by atoms with Crippen molar-refractivity contribution in [3.05, 3.63) is 96.9 Å². The Morgan fingerprint density at radius 2 is 1.97 bits per heavy atom. The van der Waals surface area contributed by atoms with Gasteiger partial charge in [0.15, 0.2) is 11.5 Å². The van der Waals surface area contributed by atoms with E-state index in [0.717, 1.165) is 3.57 Å². The highest BCUT2D eigenvalue weighted by Crippen LogP contribution is 2.36. The van der Waals surface area contributed by atoms with Crippen LogP contribution in [0, 0.1) is 30.8 Å². The Hall–Kier alpha value is -3.45. The molecule has 3 aromatic carbocycles. The van der Waals surface area contributed by atoms with E-state index >= 15 is 0 Å². The van der Waals surface area contributed by atoms with E-state index in [-0.39, 0.29) is 23.7 Å². The van der Waals surface area contributed by atoms with Crippen LogP contribution in [0.2, 0.25) is 0 Å². The van der Waals surface area contributed by atoms with Crippen LogP contribution >= 0.6 is 22.6 Å². The van der Waals surface area contributed by atoms with Crippen molar-refractivity contribution in [2.45, 2.75) is 13.5 Å². The number of non-ortho nitro benzene ring substituents is 1. The van der Waals surface area contributed by atoms with Crippen molar-refractivity contribution in [3.8, 4) is 17.6 Å². The van der Waals surface area contributed by atoms with Gasteiger partial charge in [-0.1, -0.05) is 24.3 Å². The first kappa shape index (κ1) is 23.2. The summed E-state index contributed by atoms with van der Waals surface area (Å²) in [6.07, 6.45) is 1.64. The number of nitro groups is 1. The van der Waals surface area contributed by atoms with E-state index in [1.54, 1.807) is 30.3 Å². The number of ether oxygens (including phenoxy) is 2. The maximum atomic E-state index is 13.4. The van der Waals surface area contributed by atoms with E-state index in [9.17, 15) is 19.8 Å². The highest BCUT2D eigenvalue weighted by atomic mass is 127. The second kappa shape index (κ2) is 10.7. The van der Waals surface area contributed by atoms with Crippen molar-refractivity contribution < 1.29 is 18.8 Å². The molecule has 8 heteroatoms. The van der Waals surface area contributed by atoms with Crippen LogP contribution in [0.4, 0.5) is 10.1 Å². The number of nitro benzene ring substituents is 1. The van der Waals surface area contributed by atoms with Gasteiger partial charge in [-0.3, -0.25) is 10.1 Å². The maximum Gasteiger partial charge on any atom is 0.270 e. The van der Waals surface area contributed by atoms with Gasteiger partial charge in [-0.25, -0.2) is 4.39 Å². The molecule has 0 bridgehead atoms.